The van der Waals surface area contributed by atoms with Gasteiger partial charge in [0.2, 0.25) is 10.0 Å². The fourth-order valence-electron chi connectivity index (χ4n) is 2.44. The van der Waals surface area contributed by atoms with Crippen LogP contribution < -0.4 is 10.0 Å². The Morgan fingerprint density at radius 2 is 1.74 bits per heavy atom. The van der Waals surface area contributed by atoms with Crippen molar-refractivity contribution in [3.8, 4) is 0 Å². The van der Waals surface area contributed by atoms with E-state index in [2.05, 4.69) is 10.0 Å². The summed E-state index contributed by atoms with van der Waals surface area (Å²) in [6.45, 7) is 7.02. The molecule has 0 aliphatic rings. The number of hydrogen-bond donors (Lipinski definition) is 2. The molecule has 1 amide bonds. The fourth-order valence-corrected chi connectivity index (χ4v) is 3.74. The van der Waals surface area contributed by atoms with Crippen LogP contribution in [-0.4, -0.2) is 27.0 Å². The number of rotatable bonds is 9. The monoisotopic (exact) mass is 390 g/mol. The van der Waals surface area contributed by atoms with Gasteiger partial charge in [-0.05, 0) is 50.1 Å². The van der Waals surface area contributed by atoms with Crippen LogP contribution in [0.2, 0.25) is 0 Å². The van der Waals surface area contributed by atoms with Crippen molar-refractivity contribution in [1.29, 1.82) is 0 Å². The van der Waals surface area contributed by atoms with Crippen molar-refractivity contribution in [3.63, 3.8) is 0 Å². The molecule has 2 aromatic rings. The van der Waals surface area contributed by atoms with Crippen LogP contribution in [0, 0.1) is 0 Å². The second-order valence-corrected chi connectivity index (χ2v) is 8.15. The predicted molar refractivity (Wildman–Crippen MR) is 105 cm³/mol. The van der Waals surface area contributed by atoms with Crippen molar-refractivity contribution in [2.45, 2.75) is 44.9 Å². The van der Waals surface area contributed by atoms with Crippen molar-refractivity contribution < 1.29 is 17.9 Å². The molecule has 7 heteroatoms. The van der Waals surface area contributed by atoms with Gasteiger partial charge in [-0.25, -0.2) is 13.1 Å². The van der Waals surface area contributed by atoms with Crippen molar-refractivity contribution in [3.05, 3.63) is 65.2 Å². The van der Waals surface area contributed by atoms with E-state index < -0.39 is 10.0 Å². The van der Waals surface area contributed by atoms with Gasteiger partial charge in [0.25, 0.3) is 5.91 Å². The van der Waals surface area contributed by atoms with Crippen LogP contribution in [0.3, 0.4) is 0 Å². The summed E-state index contributed by atoms with van der Waals surface area (Å²) in [7, 11) is -3.64. The number of ether oxygens (including phenoxy) is 1. The van der Waals surface area contributed by atoms with Gasteiger partial charge < -0.3 is 10.1 Å². The molecule has 146 valence electrons. The van der Waals surface area contributed by atoms with Crippen LogP contribution in [0.4, 0.5) is 0 Å². The first-order valence-corrected chi connectivity index (χ1v) is 10.4. The van der Waals surface area contributed by atoms with Crippen molar-refractivity contribution in [1.82, 2.24) is 10.0 Å². The van der Waals surface area contributed by atoms with Crippen molar-refractivity contribution in [2.24, 2.45) is 0 Å². The Morgan fingerprint density at radius 3 is 2.37 bits per heavy atom. The lowest BCUT2D eigenvalue weighted by Gasteiger charge is -2.11. The Bertz CT molecular complexity index is 862. The summed E-state index contributed by atoms with van der Waals surface area (Å²) in [5, 5.41) is 2.81. The number of carbonyl (C=O) groups is 1. The van der Waals surface area contributed by atoms with Crippen molar-refractivity contribution >= 4 is 15.9 Å². The van der Waals surface area contributed by atoms with Gasteiger partial charge in [-0.2, -0.15) is 0 Å². The van der Waals surface area contributed by atoms with Gasteiger partial charge >= 0.3 is 0 Å². The molecule has 2 N–H and O–H groups in total. The van der Waals surface area contributed by atoms with Gasteiger partial charge in [0, 0.05) is 24.8 Å². The fraction of sp³-hybridized carbons (Fsp3) is 0.350. The summed E-state index contributed by atoms with van der Waals surface area (Å²) >= 11 is 0. The summed E-state index contributed by atoms with van der Waals surface area (Å²) in [5.41, 5.74) is 2.32. The van der Waals surface area contributed by atoms with E-state index in [9.17, 15) is 13.2 Å². The molecule has 0 saturated heterocycles. The van der Waals surface area contributed by atoms with Crippen LogP contribution in [0.25, 0.3) is 0 Å². The van der Waals surface area contributed by atoms with Gasteiger partial charge in [-0.15, -0.1) is 0 Å². The Labute approximate surface area is 161 Å². The molecule has 0 spiro atoms. The third kappa shape index (κ3) is 6.46. The normalized spacial score (nSPS) is 11.6. The number of benzene rings is 2. The van der Waals surface area contributed by atoms with Crippen molar-refractivity contribution in [2.75, 3.05) is 6.61 Å². The van der Waals surface area contributed by atoms with E-state index in [1.54, 1.807) is 26.0 Å². The van der Waals surface area contributed by atoms with Gasteiger partial charge in [-0.3, -0.25) is 4.79 Å². The molecule has 0 unspecified atom stereocenters. The Kier molecular flexibility index (Phi) is 7.53. The zero-order valence-electron chi connectivity index (χ0n) is 15.9. The molecule has 2 rings (SSSR count). The zero-order valence-corrected chi connectivity index (χ0v) is 16.7. The number of nitrogens with one attached hydrogen (secondary N) is 2. The van der Waals surface area contributed by atoms with Gasteiger partial charge in [0.15, 0.2) is 0 Å². The van der Waals surface area contributed by atoms with E-state index >= 15 is 0 Å². The third-order valence-electron chi connectivity index (χ3n) is 3.75. The predicted octanol–water partition coefficient (Wildman–Crippen LogP) is 2.84. The minimum absolute atomic E-state index is 0.0733. The molecule has 0 aliphatic heterocycles. The molecule has 0 fully saturated rings. The zero-order chi connectivity index (χ0) is 19.9. The first kappa shape index (κ1) is 21.1. The molecule has 0 aliphatic carbocycles. The van der Waals surface area contributed by atoms with E-state index in [-0.39, 0.29) is 16.8 Å². The van der Waals surface area contributed by atoms with Crippen LogP contribution in [0.1, 0.15) is 42.3 Å². The topological polar surface area (TPSA) is 84.5 Å². The van der Waals surface area contributed by atoms with Crippen LogP contribution in [-0.2, 0) is 27.9 Å². The highest BCUT2D eigenvalue weighted by Crippen LogP contribution is 2.13. The molecule has 6 nitrogen and oxygen atoms in total. The summed E-state index contributed by atoms with van der Waals surface area (Å²) < 4.78 is 32.4. The first-order valence-electron chi connectivity index (χ1n) is 8.88. The van der Waals surface area contributed by atoms with Crippen LogP contribution in [0.15, 0.2) is 53.4 Å². The lowest BCUT2D eigenvalue weighted by atomic mass is 10.1. The molecule has 0 saturated carbocycles. The maximum atomic E-state index is 12.4. The number of hydrogen-bond acceptors (Lipinski definition) is 4. The van der Waals surface area contributed by atoms with E-state index in [4.69, 9.17) is 4.74 Å². The molecule has 0 aromatic heterocycles. The molecular weight excluding hydrogens is 364 g/mol. The van der Waals surface area contributed by atoms with Crippen LogP contribution >= 0.6 is 0 Å². The summed E-state index contributed by atoms with van der Waals surface area (Å²) in [4.78, 5) is 12.5. The highest BCUT2D eigenvalue weighted by atomic mass is 32.2. The quantitative estimate of drug-likeness (QED) is 0.690. The molecule has 0 atom stereocenters. The minimum atomic E-state index is -3.64. The molecule has 2 aromatic carbocycles. The smallest absolute Gasteiger partial charge is 0.251 e. The molecule has 0 radical (unpaired) electrons. The summed E-state index contributed by atoms with van der Waals surface area (Å²) in [5.74, 6) is -0.324. The SMILES string of the molecule is CCOCc1ccc(CNC(=O)c2cccc(S(=O)(=O)NC(C)C)c2)cc1. The highest BCUT2D eigenvalue weighted by Gasteiger charge is 2.17. The van der Waals surface area contributed by atoms with E-state index in [1.807, 2.05) is 31.2 Å². The largest absolute Gasteiger partial charge is 0.377 e. The number of sulfonamides is 1. The van der Waals surface area contributed by atoms with Crippen LogP contribution in [0.5, 0.6) is 0 Å². The Balaban J connectivity index is 2.01. The second-order valence-electron chi connectivity index (χ2n) is 6.44. The molecular formula is C20H26N2O4S. The maximum absolute atomic E-state index is 12.4. The number of amides is 1. The lowest BCUT2D eigenvalue weighted by Crippen LogP contribution is -2.30. The maximum Gasteiger partial charge on any atom is 0.251 e. The number of carbonyl (C=O) groups excluding carboxylic acids is 1. The molecule has 0 heterocycles. The third-order valence-corrected chi connectivity index (χ3v) is 5.40. The van der Waals surface area contributed by atoms with E-state index in [1.165, 1.54) is 12.1 Å². The highest BCUT2D eigenvalue weighted by molar-refractivity contribution is 7.89. The second kappa shape index (κ2) is 9.64. The van der Waals surface area contributed by atoms with Gasteiger partial charge in [-0.1, -0.05) is 30.3 Å². The first-order chi connectivity index (χ1) is 12.8. The standard InChI is InChI=1S/C20H26N2O4S/c1-4-26-14-17-10-8-16(9-11-17)13-21-20(23)18-6-5-7-19(12-18)27(24,25)22-15(2)3/h5-12,15,22H,4,13-14H2,1-3H3,(H,21,23). The summed E-state index contributed by atoms with van der Waals surface area (Å²) in [6.07, 6.45) is 0. The molecule has 27 heavy (non-hydrogen) atoms. The van der Waals surface area contributed by atoms with Gasteiger partial charge in [0.05, 0.1) is 11.5 Å². The molecule has 0 bridgehead atoms. The average Bonchev–Trinajstić information content (AvgIpc) is 2.64. The minimum Gasteiger partial charge on any atom is -0.377 e. The van der Waals surface area contributed by atoms with E-state index in [0.29, 0.717) is 25.3 Å². The van der Waals surface area contributed by atoms with Gasteiger partial charge in [0.1, 0.15) is 0 Å². The average molecular weight is 391 g/mol. The Morgan fingerprint density at radius 1 is 1.07 bits per heavy atom. The lowest BCUT2D eigenvalue weighted by molar-refractivity contribution is 0.0950. The summed E-state index contributed by atoms with van der Waals surface area (Å²) in [6, 6.07) is 13.6. The van der Waals surface area contributed by atoms with E-state index in [0.717, 1.165) is 11.1 Å². The Hall–Kier alpha value is -2.22.